The molecule has 3 rings (SSSR count). The van der Waals surface area contributed by atoms with Crippen molar-refractivity contribution in [2.24, 2.45) is 5.92 Å². The van der Waals surface area contributed by atoms with Crippen molar-refractivity contribution in [3.05, 3.63) is 39.3 Å². The van der Waals surface area contributed by atoms with E-state index in [2.05, 4.69) is 45.3 Å². The summed E-state index contributed by atoms with van der Waals surface area (Å²) in [5.74, 6) is 0.261. The molecule has 0 aliphatic carbocycles. The number of hydrogen-bond donors (Lipinski definition) is 1. The van der Waals surface area contributed by atoms with Crippen LogP contribution in [0.4, 0.5) is 5.13 Å². The van der Waals surface area contributed by atoms with E-state index in [1.54, 1.807) is 18.0 Å². The number of nitrogens with zero attached hydrogens (tertiary/aromatic N) is 2. The van der Waals surface area contributed by atoms with Crippen molar-refractivity contribution >= 4 is 56.0 Å². The van der Waals surface area contributed by atoms with Crippen LogP contribution in [0.3, 0.4) is 0 Å². The number of hydrogen-bond acceptors (Lipinski definition) is 5. The first kappa shape index (κ1) is 20.4. The summed E-state index contributed by atoms with van der Waals surface area (Å²) in [4.78, 5) is 32.1. The highest BCUT2D eigenvalue weighted by Gasteiger charge is 2.28. The van der Waals surface area contributed by atoms with E-state index >= 15 is 0 Å². The van der Waals surface area contributed by atoms with Crippen LogP contribution in [0.15, 0.2) is 33.1 Å². The standard InChI is InChI=1S/C19H22BrN3O2S2/c1-12-9-16(13(2)8-15(12)20)27-11-17(24)23-6-3-4-14(10-23)18(25)22-19-21-5-7-26-19/h5,7-9,14H,3-4,6,10-11H2,1-2H3,(H,21,22,25)/t14-/m0/s1. The maximum Gasteiger partial charge on any atom is 0.232 e. The Labute approximate surface area is 176 Å². The minimum Gasteiger partial charge on any atom is -0.341 e. The van der Waals surface area contributed by atoms with Crippen molar-refractivity contribution in [2.45, 2.75) is 31.6 Å². The minimum atomic E-state index is -0.173. The van der Waals surface area contributed by atoms with Gasteiger partial charge in [-0.3, -0.25) is 9.59 Å². The molecular weight excluding hydrogens is 446 g/mol. The van der Waals surface area contributed by atoms with Crippen molar-refractivity contribution in [1.82, 2.24) is 9.88 Å². The van der Waals surface area contributed by atoms with Gasteiger partial charge in [-0.05, 0) is 49.9 Å². The molecule has 0 unspecified atom stereocenters. The van der Waals surface area contributed by atoms with Gasteiger partial charge in [0.2, 0.25) is 11.8 Å². The number of thioether (sulfide) groups is 1. The zero-order valence-electron chi connectivity index (χ0n) is 15.3. The highest BCUT2D eigenvalue weighted by atomic mass is 79.9. The first-order valence-electron chi connectivity index (χ1n) is 8.81. The maximum absolute atomic E-state index is 12.7. The summed E-state index contributed by atoms with van der Waals surface area (Å²) in [6.07, 6.45) is 3.32. The van der Waals surface area contributed by atoms with Crippen molar-refractivity contribution in [1.29, 1.82) is 0 Å². The van der Waals surface area contributed by atoms with Gasteiger partial charge >= 0.3 is 0 Å². The summed E-state index contributed by atoms with van der Waals surface area (Å²) in [7, 11) is 0. The molecule has 1 N–H and O–H groups in total. The van der Waals surface area contributed by atoms with Crippen LogP contribution in [0, 0.1) is 19.8 Å². The van der Waals surface area contributed by atoms with Crippen LogP contribution in [0.25, 0.3) is 0 Å². The number of aromatic nitrogens is 1. The van der Waals surface area contributed by atoms with Crippen molar-refractivity contribution < 1.29 is 9.59 Å². The van der Waals surface area contributed by atoms with Gasteiger partial charge < -0.3 is 10.2 Å². The Morgan fingerprint density at radius 3 is 2.93 bits per heavy atom. The van der Waals surface area contributed by atoms with E-state index in [4.69, 9.17) is 0 Å². The summed E-state index contributed by atoms with van der Waals surface area (Å²) in [6, 6.07) is 4.19. The number of amides is 2. The molecule has 2 heterocycles. The number of benzene rings is 1. The predicted octanol–water partition coefficient (Wildman–Crippen LogP) is 4.49. The average molecular weight is 468 g/mol. The maximum atomic E-state index is 12.7. The second kappa shape index (κ2) is 9.21. The topological polar surface area (TPSA) is 62.3 Å². The molecule has 0 spiro atoms. The third-order valence-corrected chi connectivity index (χ3v) is 7.30. The van der Waals surface area contributed by atoms with Crippen LogP contribution in [-0.4, -0.2) is 40.5 Å². The number of halogens is 1. The lowest BCUT2D eigenvalue weighted by atomic mass is 9.97. The Morgan fingerprint density at radius 1 is 1.37 bits per heavy atom. The molecule has 1 atom stereocenters. The van der Waals surface area contributed by atoms with Crippen LogP contribution in [0.1, 0.15) is 24.0 Å². The molecule has 1 fully saturated rings. The van der Waals surface area contributed by atoms with Crippen LogP contribution < -0.4 is 5.32 Å². The molecule has 1 aliphatic heterocycles. The molecule has 2 aromatic rings. The van der Waals surface area contributed by atoms with Crippen molar-refractivity contribution in [2.75, 3.05) is 24.2 Å². The van der Waals surface area contributed by atoms with Crippen molar-refractivity contribution in [3.63, 3.8) is 0 Å². The van der Waals surface area contributed by atoms with E-state index in [1.165, 1.54) is 11.3 Å². The Kier molecular flexibility index (Phi) is 6.94. The SMILES string of the molecule is Cc1cc(SCC(=O)N2CCC[C@H](C(=O)Nc3nccs3)C2)c(C)cc1Br. The minimum absolute atomic E-state index is 0.0468. The Bertz CT molecular complexity index is 827. The second-order valence-electron chi connectivity index (χ2n) is 6.66. The Hall–Kier alpha value is -1.38. The molecule has 1 saturated heterocycles. The molecule has 144 valence electrons. The van der Waals surface area contributed by atoms with Gasteiger partial charge in [-0.2, -0.15) is 0 Å². The summed E-state index contributed by atoms with van der Waals surface area (Å²) in [6.45, 7) is 5.30. The first-order valence-corrected chi connectivity index (χ1v) is 11.5. The van der Waals surface area contributed by atoms with Gasteiger partial charge in [0.15, 0.2) is 5.13 Å². The number of carbonyl (C=O) groups excluding carboxylic acids is 2. The van der Waals surface area contributed by atoms with E-state index in [-0.39, 0.29) is 17.7 Å². The third kappa shape index (κ3) is 5.33. The average Bonchev–Trinajstić information content (AvgIpc) is 3.16. The largest absolute Gasteiger partial charge is 0.341 e. The quantitative estimate of drug-likeness (QED) is 0.657. The monoisotopic (exact) mass is 467 g/mol. The molecule has 1 aliphatic rings. The van der Waals surface area contributed by atoms with E-state index in [0.717, 1.165) is 39.9 Å². The molecule has 27 heavy (non-hydrogen) atoms. The van der Waals surface area contributed by atoms with Gasteiger partial charge in [0.1, 0.15) is 0 Å². The number of rotatable bonds is 5. The van der Waals surface area contributed by atoms with E-state index < -0.39 is 0 Å². The van der Waals surface area contributed by atoms with Crippen LogP contribution in [0.5, 0.6) is 0 Å². The molecular formula is C19H22BrN3O2S2. The molecule has 0 saturated carbocycles. The van der Waals surface area contributed by atoms with Crippen molar-refractivity contribution in [3.8, 4) is 0 Å². The highest BCUT2D eigenvalue weighted by Crippen LogP contribution is 2.29. The molecule has 1 aromatic heterocycles. The molecule has 5 nitrogen and oxygen atoms in total. The van der Waals surface area contributed by atoms with Gasteiger partial charge in [0, 0.05) is 34.0 Å². The lowest BCUT2D eigenvalue weighted by Crippen LogP contribution is -2.44. The number of thiazole rings is 1. The fourth-order valence-electron chi connectivity index (χ4n) is 3.05. The summed E-state index contributed by atoms with van der Waals surface area (Å²) in [5.41, 5.74) is 2.32. The van der Waals surface area contributed by atoms with Crippen LogP contribution in [0.2, 0.25) is 0 Å². The number of piperidine rings is 1. The lowest BCUT2D eigenvalue weighted by molar-refractivity contribution is -0.132. The summed E-state index contributed by atoms with van der Waals surface area (Å²) >= 11 is 6.50. The van der Waals surface area contributed by atoms with Crippen LogP contribution in [-0.2, 0) is 9.59 Å². The number of nitrogens with one attached hydrogen (secondary N) is 1. The Morgan fingerprint density at radius 2 is 2.19 bits per heavy atom. The molecule has 0 radical (unpaired) electrons. The second-order valence-corrected chi connectivity index (χ2v) is 9.43. The predicted molar refractivity (Wildman–Crippen MR) is 114 cm³/mol. The van der Waals surface area contributed by atoms with Gasteiger partial charge in [-0.1, -0.05) is 15.9 Å². The number of aryl methyl sites for hydroxylation is 2. The number of carbonyl (C=O) groups is 2. The zero-order valence-corrected chi connectivity index (χ0v) is 18.5. The van der Waals surface area contributed by atoms with E-state index in [1.807, 2.05) is 17.2 Å². The van der Waals surface area contributed by atoms with Crippen LogP contribution >= 0.6 is 39.0 Å². The number of likely N-dealkylation sites (tertiary alicyclic amines) is 1. The number of anilines is 1. The summed E-state index contributed by atoms with van der Waals surface area (Å²) in [5, 5.41) is 5.29. The molecule has 1 aromatic carbocycles. The normalized spacial score (nSPS) is 17.0. The third-order valence-electron chi connectivity index (χ3n) is 4.61. The summed E-state index contributed by atoms with van der Waals surface area (Å²) < 4.78 is 1.08. The highest BCUT2D eigenvalue weighted by molar-refractivity contribution is 9.10. The van der Waals surface area contributed by atoms with Gasteiger partial charge in [-0.15, -0.1) is 23.1 Å². The zero-order chi connectivity index (χ0) is 19.4. The smallest absolute Gasteiger partial charge is 0.232 e. The lowest BCUT2D eigenvalue weighted by Gasteiger charge is -2.32. The van der Waals surface area contributed by atoms with Gasteiger partial charge in [0.05, 0.1) is 11.7 Å². The fraction of sp³-hybridized carbons (Fsp3) is 0.421. The fourth-order valence-corrected chi connectivity index (χ4v) is 5.05. The van der Waals surface area contributed by atoms with Gasteiger partial charge in [-0.25, -0.2) is 4.98 Å². The van der Waals surface area contributed by atoms with E-state index in [0.29, 0.717) is 17.4 Å². The first-order chi connectivity index (χ1) is 12.9. The molecule has 2 amide bonds. The van der Waals surface area contributed by atoms with E-state index in [9.17, 15) is 9.59 Å². The molecule has 0 bridgehead atoms. The van der Waals surface area contributed by atoms with Gasteiger partial charge in [0.25, 0.3) is 0 Å². The molecule has 8 heteroatoms. The Balaban J connectivity index is 1.55.